The second-order valence-electron chi connectivity index (χ2n) is 5.38. The van der Waals surface area contributed by atoms with E-state index in [0.29, 0.717) is 12.1 Å². The first-order chi connectivity index (χ1) is 10.5. The number of rotatable bonds is 10. The molecule has 1 N–H and O–H groups in total. The molecule has 0 aromatic heterocycles. The molecule has 122 valence electrons. The normalized spacial score (nSPS) is 11.4. The number of halogens is 1. The summed E-state index contributed by atoms with van der Waals surface area (Å²) in [6.07, 6.45) is 4.92. The van der Waals surface area contributed by atoms with Crippen molar-refractivity contribution < 1.29 is 48.6 Å². The van der Waals surface area contributed by atoms with Gasteiger partial charge in [0, 0.05) is 5.69 Å². The third kappa shape index (κ3) is 9.08. The monoisotopic (exact) mass is 331 g/mol. The molecule has 1 atom stereocenters. The molecule has 0 aliphatic rings. The number of carbonyl (C=O) groups is 2. The van der Waals surface area contributed by atoms with Gasteiger partial charge in [0.1, 0.15) is 0 Å². The van der Waals surface area contributed by atoms with Crippen molar-refractivity contribution in [3.05, 3.63) is 29.8 Å². The van der Waals surface area contributed by atoms with Gasteiger partial charge in [-0.15, -0.1) is 0 Å². The molecule has 0 fully saturated rings. The third-order valence-electron chi connectivity index (χ3n) is 3.48. The van der Waals surface area contributed by atoms with Crippen molar-refractivity contribution in [3.63, 3.8) is 0 Å². The van der Waals surface area contributed by atoms with E-state index >= 15 is 0 Å². The minimum absolute atomic E-state index is 0. The van der Waals surface area contributed by atoms with Gasteiger partial charge in [0.2, 0.25) is 0 Å². The molecular weight excluding hydrogens is 308 g/mol. The Morgan fingerprint density at radius 3 is 2.22 bits per heavy atom. The summed E-state index contributed by atoms with van der Waals surface area (Å²) >= 11 is 0. The van der Waals surface area contributed by atoms with E-state index in [2.05, 4.69) is 12.2 Å². The van der Waals surface area contributed by atoms with E-state index in [9.17, 15) is 19.1 Å². The van der Waals surface area contributed by atoms with Gasteiger partial charge in [-0.3, -0.25) is 4.79 Å². The molecule has 0 saturated carbocycles. The van der Waals surface area contributed by atoms with Crippen molar-refractivity contribution in [1.82, 2.24) is 0 Å². The number of carboxylic acids is 1. The van der Waals surface area contributed by atoms with Crippen LogP contribution in [0.25, 0.3) is 0 Å². The maximum Gasteiger partial charge on any atom is 1.00 e. The fourth-order valence-electron chi connectivity index (χ4n) is 2.15. The van der Waals surface area contributed by atoms with Gasteiger partial charge >= 0.3 is 29.6 Å². The van der Waals surface area contributed by atoms with Crippen LogP contribution in [0, 0.1) is 0 Å². The molecule has 0 aliphatic carbocycles. The van der Waals surface area contributed by atoms with E-state index in [4.69, 9.17) is 0 Å². The molecule has 0 aliphatic heterocycles. The molecule has 1 amide bonds. The molecule has 1 aromatic rings. The number of amides is 1. The molecule has 0 radical (unpaired) electrons. The van der Waals surface area contributed by atoms with Gasteiger partial charge in [-0.05, 0) is 24.1 Å². The quantitative estimate of drug-likeness (QED) is 0.488. The largest absolute Gasteiger partial charge is 1.00 e. The van der Waals surface area contributed by atoms with Crippen LogP contribution in [0.3, 0.4) is 0 Å². The Labute approximate surface area is 159 Å². The molecule has 23 heavy (non-hydrogen) atoms. The second-order valence-corrected chi connectivity index (χ2v) is 5.38. The van der Waals surface area contributed by atoms with Crippen LogP contribution in [-0.4, -0.2) is 18.0 Å². The van der Waals surface area contributed by atoms with Crippen LogP contribution in [0.15, 0.2) is 24.3 Å². The van der Waals surface area contributed by atoms with Crippen molar-refractivity contribution in [2.75, 3.05) is 5.32 Å². The number of hydrogen-bond donors (Lipinski definition) is 1. The zero-order valence-electron chi connectivity index (χ0n) is 13.9. The number of nitrogens with one attached hydrogen (secondary N) is 1. The third-order valence-corrected chi connectivity index (χ3v) is 3.48. The summed E-state index contributed by atoms with van der Waals surface area (Å²) in [7, 11) is 0. The number of carbonyl (C=O) groups excluding carboxylic acids is 2. The first-order valence-electron chi connectivity index (χ1n) is 7.81. The zero-order valence-corrected chi connectivity index (χ0v) is 15.9. The van der Waals surface area contributed by atoms with E-state index in [0.717, 1.165) is 19.3 Å². The van der Waals surface area contributed by atoms with E-state index in [1.165, 1.54) is 37.1 Å². The molecule has 0 spiro atoms. The molecule has 0 bridgehead atoms. The molecule has 1 unspecified atom stereocenters. The van der Waals surface area contributed by atoms with Crippen LogP contribution in [0.4, 0.5) is 10.1 Å². The van der Waals surface area contributed by atoms with Gasteiger partial charge in [-0.1, -0.05) is 57.6 Å². The minimum Gasteiger partial charge on any atom is -0.545 e. The Kier molecular flexibility index (Phi) is 12.0. The topological polar surface area (TPSA) is 69.2 Å². The van der Waals surface area contributed by atoms with Crippen LogP contribution in [0.2, 0.25) is 0 Å². The molecule has 0 saturated heterocycles. The first-order valence-corrected chi connectivity index (χ1v) is 7.81. The van der Waals surface area contributed by atoms with Gasteiger partial charge in [-0.25, -0.2) is 4.39 Å². The Balaban J connectivity index is 0.00000484. The van der Waals surface area contributed by atoms with Crippen LogP contribution in [0.5, 0.6) is 0 Å². The number of carboxylic acid groups (broad SMARTS) is 1. The van der Waals surface area contributed by atoms with Crippen LogP contribution in [-0.2, 0) is 4.79 Å². The van der Waals surface area contributed by atoms with Gasteiger partial charge < -0.3 is 15.2 Å². The molecule has 6 heteroatoms. The summed E-state index contributed by atoms with van der Waals surface area (Å²) in [6.45, 7) is 2.14. The van der Waals surface area contributed by atoms with Gasteiger partial charge in [0.25, 0.3) is 5.91 Å². The van der Waals surface area contributed by atoms with Gasteiger partial charge in [0.15, 0.2) is 6.17 Å². The summed E-state index contributed by atoms with van der Waals surface area (Å²) in [5.74, 6) is -1.97. The fraction of sp³-hybridized carbons (Fsp3) is 0.529. The summed E-state index contributed by atoms with van der Waals surface area (Å²) in [5, 5.41) is 13.0. The summed E-state index contributed by atoms with van der Waals surface area (Å²) in [4.78, 5) is 22.3. The van der Waals surface area contributed by atoms with Crippen LogP contribution < -0.4 is 40.0 Å². The van der Waals surface area contributed by atoms with Crippen LogP contribution in [0.1, 0.15) is 62.2 Å². The summed E-state index contributed by atoms with van der Waals surface area (Å²) in [6, 6.07) is 5.46. The zero-order chi connectivity index (χ0) is 16.4. The molecule has 1 aromatic carbocycles. The number of alkyl halides is 1. The van der Waals surface area contributed by atoms with Crippen molar-refractivity contribution in [1.29, 1.82) is 0 Å². The van der Waals surface area contributed by atoms with Gasteiger partial charge in [-0.2, -0.15) is 0 Å². The number of hydrogen-bond acceptors (Lipinski definition) is 3. The van der Waals surface area contributed by atoms with E-state index in [1.807, 2.05) is 0 Å². The van der Waals surface area contributed by atoms with E-state index < -0.39 is 18.0 Å². The Morgan fingerprint density at radius 1 is 1.09 bits per heavy atom. The van der Waals surface area contributed by atoms with Crippen molar-refractivity contribution in [2.45, 2.75) is 58.0 Å². The summed E-state index contributed by atoms with van der Waals surface area (Å²) < 4.78 is 13.7. The fourth-order valence-corrected chi connectivity index (χ4v) is 2.15. The van der Waals surface area contributed by atoms with E-state index in [-0.39, 0.29) is 41.5 Å². The Hall–Kier alpha value is -0.910. The summed E-state index contributed by atoms with van der Waals surface area (Å²) in [5.41, 5.74) is 0.391. The smallest absolute Gasteiger partial charge is 0.545 e. The van der Waals surface area contributed by atoms with Crippen molar-refractivity contribution in [3.8, 4) is 0 Å². The maximum atomic E-state index is 13.7. The number of benzene rings is 1. The van der Waals surface area contributed by atoms with Crippen LogP contribution >= 0.6 is 0 Å². The predicted molar refractivity (Wildman–Crippen MR) is 82.3 cm³/mol. The molecule has 1 rings (SSSR count). The number of aromatic carboxylic acids is 1. The SMILES string of the molecule is CCCCCCCCC(F)C(=O)Nc1ccc(C(=O)[O-])cc1.[Na+]. The Bertz CT molecular complexity index is 479. The van der Waals surface area contributed by atoms with Gasteiger partial charge in [0.05, 0.1) is 5.97 Å². The minimum atomic E-state index is -1.54. The number of unbranched alkanes of at least 4 members (excludes halogenated alkanes) is 5. The van der Waals surface area contributed by atoms with Crippen molar-refractivity contribution in [2.24, 2.45) is 0 Å². The first kappa shape index (κ1) is 22.1. The average molecular weight is 331 g/mol. The number of anilines is 1. The average Bonchev–Trinajstić information content (AvgIpc) is 2.51. The molecule has 0 heterocycles. The second kappa shape index (κ2) is 12.5. The molecule has 4 nitrogen and oxygen atoms in total. The molecular formula is C17H23FNNaO3. The maximum absolute atomic E-state index is 13.7. The van der Waals surface area contributed by atoms with Crippen molar-refractivity contribution >= 4 is 17.6 Å². The van der Waals surface area contributed by atoms with E-state index in [1.54, 1.807) is 0 Å². The Morgan fingerprint density at radius 2 is 1.65 bits per heavy atom. The standard InChI is InChI=1S/C17H24FNO3.Na/c1-2-3-4-5-6-7-8-15(18)16(20)19-14-11-9-13(10-12-14)17(21)22;/h9-12,15H,2-8H2,1H3,(H,19,20)(H,21,22);/q;+1/p-1. The predicted octanol–water partition coefficient (Wildman–Crippen LogP) is 0.0813.